The summed E-state index contributed by atoms with van der Waals surface area (Å²) in [6.07, 6.45) is 1.07. The van der Waals surface area contributed by atoms with Crippen LogP contribution in [0.4, 0.5) is 20.2 Å². The number of methoxy groups -OCH3 is 2. The Morgan fingerprint density at radius 1 is 0.838 bits per heavy atom. The lowest BCUT2D eigenvalue weighted by Gasteiger charge is -2.14. The normalized spacial score (nSPS) is 10.6. The number of hydrogen-bond donors (Lipinski definition) is 2. The molecule has 0 atom stereocenters. The number of nitrogens with one attached hydrogen (secondary N) is 2. The fourth-order valence-electron chi connectivity index (χ4n) is 3.63. The molecule has 2 amide bonds. The first-order chi connectivity index (χ1) is 17.8. The van der Waals surface area contributed by atoms with Crippen molar-refractivity contribution in [3.63, 3.8) is 0 Å². The summed E-state index contributed by atoms with van der Waals surface area (Å²) in [4.78, 5) is 28.8. The molecule has 4 rings (SSSR count). The van der Waals surface area contributed by atoms with Gasteiger partial charge in [0.2, 0.25) is 11.8 Å². The average molecular weight is 507 g/mol. The van der Waals surface area contributed by atoms with E-state index in [1.165, 1.54) is 0 Å². The van der Waals surface area contributed by atoms with Crippen molar-refractivity contribution in [2.75, 3.05) is 24.9 Å². The van der Waals surface area contributed by atoms with Crippen LogP contribution in [0.2, 0.25) is 0 Å². The van der Waals surface area contributed by atoms with Gasteiger partial charge >= 0.3 is 0 Å². The Kier molecular flexibility index (Phi) is 7.47. The zero-order chi connectivity index (χ0) is 26.5. The Bertz CT molecular complexity index is 1490. The SMILES string of the molecule is COc1cc2nccc(Oc3ccc(NC(=O)CC(=O)Nc4ccc(F)cc4F)c(C)c3)c2cc1OC. The first-order valence-corrected chi connectivity index (χ1v) is 11.1. The molecule has 10 heteroatoms. The number of halogens is 2. The number of anilines is 2. The quantitative estimate of drug-likeness (QED) is 0.301. The Morgan fingerprint density at radius 3 is 2.19 bits per heavy atom. The lowest BCUT2D eigenvalue weighted by Crippen LogP contribution is -2.22. The van der Waals surface area contributed by atoms with Crippen LogP contribution in [0.15, 0.2) is 60.8 Å². The molecular formula is C27H23F2N3O5. The summed E-state index contributed by atoms with van der Waals surface area (Å²) in [6.45, 7) is 1.77. The van der Waals surface area contributed by atoms with Gasteiger partial charge in [-0.25, -0.2) is 8.78 Å². The van der Waals surface area contributed by atoms with Crippen LogP contribution >= 0.6 is 0 Å². The number of carbonyl (C=O) groups excluding carboxylic acids is 2. The molecular weight excluding hydrogens is 484 g/mol. The van der Waals surface area contributed by atoms with Crippen LogP contribution in [0.1, 0.15) is 12.0 Å². The number of nitrogens with zero attached hydrogens (tertiary/aromatic N) is 1. The molecule has 0 fully saturated rings. The first kappa shape index (κ1) is 25.4. The number of benzene rings is 3. The number of aryl methyl sites for hydroxylation is 1. The molecule has 0 saturated heterocycles. The smallest absolute Gasteiger partial charge is 0.233 e. The molecule has 0 saturated carbocycles. The van der Waals surface area contributed by atoms with E-state index in [1.54, 1.807) is 63.7 Å². The molecule has 190 valence electrons. The van der Waals surface area contributed by atoms with Crippen LogP contribution in [-0.2, 0) is 9.59 Å². The van der Waals surface area contributed by atoms with E-state index in [0.717, 1.165) is 17.5 Å². The maximum atomic E-state index is 13.7. The third kappa shape index (κ3) is 5.92. The molecule has 2 N–H and O–H groups in total. The Morgan fingerprint density at radius 2 is 1.51 bits per heavy atom. The summed E-state index contributed by atoms with van der Waals surface area (Å²) in [5.41, 5.74) is 1.61. The van der Waals surface area contributed by atoms with Gasteiger partial charge in [0, 0.05) is 29.4 Å². The molecule has 0 aliphatic carbocycles. The lowest BCUT2D eigenvalue weighted by molar-refractivity contribution is -0.123. The Labute approximate surface area is 211 Å². The van der Waals surface area contributed by atoms with Crippen molar-refractivity contribution >= 4 is 34.1 Å². The first-order valence-electron chi connectivity index (χ1n) is 11.1. The fourth-order valence-corrected chi connectivity index (χ4v) is 3.63. The highest BCUT2D eigenvalue weighted by molar-refractivity contribution is 6.08. The summed E-state index contributed by atoms with van der Waals surface area (Å²) in [5, 5.41) is 5.62. The summed E-state index contributed by atoms with van der Waals surface area (Å²) in [5.74, 6) is -0.891. The third-order valence-electron chi connectivity index (χ3n) is 5.43. The average Bonchev–Trinajstić information content (AvgIpc) is 2.86. The summed E-state index contributed by atoms with van der Waals surface area (Å²) in [6, 6.07) is 13.0. The second-order valence-electron chi connectivity index (χ2n) is 8.01. The number of rotatable bonds is 8. The minimum Gasteiger partial charge on any atom is -0.493 e. The molecule has 1 aromatic heterocycles. The predicted octanol–water partition coefficient (Wildman–Crippen LogP) is 5.60. The fraction of sp³-hybridized carbons (Fsp3) is 0.148. The van der Waals surface area contributed by atoms with Crippen molar-refractivity contribution in [1.29, 1.82) is 0 Å². The lowest BCUT2D eigenvalue weighted by atomic mass is 10.1. The summed E-state index contributed by atoms with van der Waals surface area (Å²) < 4.78 is 43.5. The number of fused-ring (bicyclic) bond motifs is 1. The Hall–Kier alpha value is -4.73. The van der Waals surface area contributed by atoms with Crippen LogP contribution < -0.4 is 24.8 Å². The van der Waals surface area contributed by atoms with Crippen LogP contribution in [0.3, 0.4) is 0 Å². The van der Waals surface area contributed by atoms with Crippen molar-refractivity contribution in [3.05, 3.63) is 78.0 Å². The topological polar surface area (TPSA) is 98.8 Å². The maximum absolute atomic E-state index is 13.7. The van der Waals surface area contributed by atoms with E-state index in [1.807, 2.05) is 0 Å². The van der Waals surface area contributed by atoms with Crippen molar-refractivity contribution in [3.8, 4) is 23.0 Å². The van der Waals surface area contributed by atoms with Gasteiger partial charge in [-0.2, -0.15) is 0 Å². The van der Waals surface area contributed by atoms with Gasteiger partial charge in [0.15, 0.2) is 11.5 Å². The summed E-state index contributed by atoms with van der Waals surface area (Å²) >= 11 is 0. The molecule has 0 aliphatic rings. The molecule has 3 aromatic carbocycles. The van der Waals surface area contributed by atoms with Crippen molar-refractivity contribution in [1.82, 2.24) is 4.98 Å². The van der Waals surface area contributed by atoms with Crippen molar-refractivity contribution < 1.29 is 32.6 Å². The largest absolute Gasteiger partial charge is 0.493 e. The highest BCUT2D eigenvalue weighted by atomic mass is 19.1. The number of carbonyl (C=O) groups is 2. The third-order valence-corrected chi connectivity index (χ3v) is 5.43. The van der Waals surface area contributed by atoms with Crippen LogP contribution in [-0.4, -0.2) is 31.0 Å². The molecule has 37 heavy (non-hydrogen) atoms. The zero-order valence-electron chi connectivity index (χ0n) is 20.2. The van der Waals surface area contributed by atoms with E-state index in [4.69, 9.17) is 14.2 Å². The molecule has 4 aromatic rings. The molecule has 0 unspecified atom stereocenters. The standard InChI is InChI=1S/C27H23F2N3O5/c1-15-10-17(37-23-8-9-30-22-13-25(36-3)24(35-2)12-18(22)23)5-7-20(15)31-26(33)14-27(34)32-21-6-4-16(28)11-19(21)29/h4-13H,14H2,1-3H3,(H,31,33)(H,32,34). The van der Waals surface area contributed by atoms with Gasteiger partial charge in [0.25, 0.3) is 0 Å². The minimum atomic E-state index is -0.931. The number of pyridine rings is 1. The van der Waals surface area contributed by atoms with Gasteiger partial charge in [-0.3, -0.25) is 14.6 Å². The second-order valence-corrected chi connectivity index (χ2v) is 8.01. The van der Waals surface area contributed by atoms with E-state index in [2.05, 4.69) is 15.6 Å². The molecule has 0 spiro atoms. The number of aromatic nitrogens is 1. The minimum absolute atomic E-state index is 0.211. The summed E-state index contributed by atoms with van der Waals surface area (Å²) in [7, 11) is 3.09. The van der Waals surface area contributed by atoms with Crippen LogP contribution in [0.25, 0.3) is 10.9 Å². The van der Waals surface area contributed by atoms with Gasteiger partial charge in [0.05, 0.1) is 25.4 Å². The van der Waals surface area contributed by atoms with E-state index in [0.29, 0.717) is 45.8 Å². The predicted molar refractivity (Wildman–Crippen MR) is 134 cm³/mol. The van der Waals surface area contributed by atoms with E-state index >= 15 is 0 Å². The van der Waals surface area contributed by atoms with E-state index in [9.17, 15) is 18.4 Å². The van der Waals surface area contributed by atoms with Gasteiger partial charge in [-0.15, -0.1) is 0 Å². The van der Waals surface area contributed by atoms with Crippen molar-refractivity contribution in [2.24, 2.45) is 0 Å². The second kappa shape index (κ2) is 10.9. The van der Waals surface area contributed by atoms with E-state index in [-0.39, 0.29) is 5.69 Å². The zero-order valence-corrected chi connectivity index (χ0v) is 20.2. The van der Waals surface area contributed by atoms with Crippen LogP contribution in [0, 0.1) is 18.6 Å². The van der Waals surface area contributed by atoms with Crippen molar-refractivity contribution in [2.45, 2.75) is 13.3 Å². The van der Waals surface area contributed by atoms with Crippen LogP contribution in [0.5, 0.6) is 23.0 Å². The molecule has 8 nitrogen and oxygen atoms in total. The number of ether oxygens (including phenoxy) is 3. The highest BCUT2D eigenvalue weighted by Crippen LogP contribution is 2.37. The molecule has 0 aliphatic heterocycles. The Balaban J connectivity index is 1.44. The van der Waals surface area contributed by atoms with Gasteiger partial charge in [0.1, 0.15) is 29.6 Å². The van der Waals surface area contributed by atoms with Gasteiger partial charge in [-0.05, 0) is 55.0 Å². The highest BCUT2D eigenvalue weighted by Gasteiger charge is 2.15. The molecule has 0 radical (unpaired) electrons. The maximum Gasteiger partial charge on any atom is 0.233 e. The number of amides is 2. The monoisotopic (exact) mass is 507 g/mol. The van der Waals surface area contributed by atoms with Gasteiger partial charge < -0.3 is 24.8 Å². The number of hydrogen-bond acceptors (Lipinski definition) is 6. The molecule has 1 heterocycles. The molecule has 0 bridgehead atoms. The van der Waals surface area contributed by atoms with Gasteiger partial charge in [-0.1, -0.05) is 0 Å². The van der Waals surface area contributed by atoms with E-state index < -0.39 is 29.9 Å².